The molecule has 1 aliphatic heterocycles. The fourth-order valence-electron chi connectivity index (χ4n) is 3.14. The van der Waals surface area contributed by atoms with Crippen molar-refractivity contribution in [3.05, 3.63) is 23.9 Å². The van der Waals surface area contributed by atoms with Crippen LogP contribution in [0.25, 0.3) is 0 Å². The van der Waals surface area contributed by atoms with Gasteiger partial charge in [-0.1, -0.05) is 5.92 Å². The third kappa shape index (κ3) is 4.30. The number of pyridine rings is 1. The van der Waals surface area contributed by atoms with E-state index in [2.05, 4.69) is 21.1 Å². The van der Waals surface area contributed by atoms with Crippen LogP contribution in [-0.4, -0.2) is 43.6 Å². The van der Waals surface area contributed by atoms with Crippen molar-refractivity contribution >= 4 is 17.7 Å². The number of hydrogen-bond acceptors (Lipinski definition) is 5. The van der Waals surface area contributed by atoms with Gasteiger partial charge in [0.1, 0.15) is 5.82 Å². The van der Waals surface area contributed by atoms with Gasteiger partial charge in [-0.15, -0.1) is 6.42 Å². The molecule has 25 heavy (non-hydrogen) atoms. The van der Waals surface area contributed by atoms with Crippen LogP contribution < -0.4 is 10.2 Å². The highest BCUT2D eigenvalue weighted by molar-refractivity contribution is 5.94. The highest BCUT2D eigenvalue weighted by atomic mass is 16.5. The number of amides is 1. The molecule has 1 aromatic heterocycles. The Morgan fingerprint density at radius 3 is 2.84 bits per heavy atom. The predicted molar refractivity (Wildman–Crippen MR) is 96.1 cm³/mol. The Balaban J connectivity index is 2.07. The normalized spacial score (nSPS) is 17.5. The molecule has 1 atom stereocenters. The van der Waals surface area contributed by atoms with E-state index in [-0.39, 0.29) is 24.3 Å². The molecule has 1 aliphatic rings. The van der Waals surface area contributed by atoms with Crippen molar-refractivity contribution in [1.29, 1.82) is 0 Å². The predicted octanol–water partition coefficient (Wildman–Crippen LogP) is 1.86. The van der Waals surface area contributed by atoms with Gasteiger partial charge in [-0.3, -0.25) is 9.59 Å². The van der Waals surface area contributed by atoms with Crippen LogP contribution in [0.3, 0.4) is 0 Å². The van der Waals surface area contributed by atoms with Gasteiger partial charge < -0.3 is 15.0 Å². The van der Waals surface area contributed by atoms with Gasteiger partial charge in [0, 0.05) is 19.3 Å². The van der Waals surface area contributed by atoms with Crippen LogP contribution >= 0.6 is 0 Å². The number of esters is 1. The number of aromatic nitrogens is 1. The van der Waals surface area contributed by atoms with Gasteiger partial charge in [0.05, 0.1) is 24.6 Å². The van der Waals surface area contributed by atoms with Crippen LogP contribution in [0, 0.1) is 23.7 Å². The van der Waals surface area contributed by atoms with Crippen LogP contribution in [0.5, 0.6) is 0 Å². The molecule has 1 N–H and O–H groups in total. The summed E-state index contributed by atoms with van der Waals surface area (Å²) in [6, 6.07) is 3.57. The molecule has 1 fully saturated rings. The van der Waals surface area contributed by atoms with Gasteiger partial charge in [0.25, 0.3) is 5.91 Å². The number of piperidine rings is 1. The highest BCUT2D eigenvalue weighted by Crippen LogP contribution is 2.36. The number of nitrogens with one attached hydrogen (secondary N) is 1. The molecular weight excluding hydrogens is 318 g/mol. The van der Waals surface area contributed by atoms with Gasteiger partial charge in [0.2, 0.25) is 0 Å². The maximum Gasteiger partial charge on any atom is 0.311 e. The molecule has 0 aromatic carbocycles. The number of terminal acetylenes is 1. The zero-order valence-electron chi connectivity index (χ0n) is 15.0. The number of rotatable bonds is 5. The summed E-state index contributed by atoms with van der Waals surface area (Å²) in [5, 5.41) is 2.61. The second kappa shape index (κ2) is 8.02. The van der Waals surface area contributed by atoms with Crippen molar-refractivity contribution in [2.24, 2.45) is 11.3 Å². The van der Waals surface area contributed by atoms with E-state index >= 15 is 0 Å². The molecule has 1 unspecified atom stereocenters. The topological polar surface area (TPSA) is 71.5 Å². The van der Waals surface area contributed by atoms with Gasteiger partial charge >= 0.3 is 5.97 Å². The van der Waals surface area contributed by atoms with Crippen molar-refractivity contribution in [2.45, 2.75) is 26.7 Å². The van der Waals surface area contributed by atoms with Gasteiger partial charge in [-0.25, -0.2) is 4.98 Å². The Labute approximate surface area is 148 Å². The van der Waals surface area contributed by atoms with Crippen LogP contribution in [-0.2, 0) is 9.53 Å². The Morgan fingerprint density at radius 2 is 2.24 bits per heavy atom. The first-order valence-electron chi connectivity index (χ1n) is 8.41. The van der Waals surface area contributed by atoms with E-state index < -0.39 is 5.41 Å². The summed E-state index contributed by atoms with van der Waals surface area (Å²) in [7, 11) is 1.43. The average molecular weight is 343 g/mol. The van der Waals surface area contributed by atoms with E-state index in [1.54, 1.807) is 12.3 Å². The average Bonchev–Trinajstić information content (AvgIpc) is 2.65. The van der Waals surface area contributed by atoms with E-state index in [1.807, 2.05) is 19.9 Å². The van der Waals surface area contributed by atoms with Crippen LogP contribution in [0.1, 0.15) is 37.0 Å². The molecule has 0 bridgehead atoms. The maximum absolute atomic E-state index is 12.1. The number of methoxy groups -OCH3 is 1. The Kier molecular flexibility index (Phi) is 6.02. The summed E-state index contributed by atoms with van der Waals surface area (Å²) in [5.41, 5.74) is -0.0647. The summed E-state index contributed by atoms with van der Waals surface area (Å²) >= 11 is 0. The lowest BCUT2D eigenvalue weighted by molar-refractivity contribution is -0.154. The number of carbonyl (C=O) groups is 2. The van der Waals surface area contributed by atoms with Crippen LogP contribution in [0.4, 0.5) is 5.82 Å². The third-order valence-corrected chi connectivity index (χ3v) is 4.84. The molecular formula is C19H25N3O3. The summed E-state index contributed by atoms with van der Waals surface area (Å²) in [4.78, 5) is 30.5. The number of carbonyl (C=O) groups excluding carboxylic acids is 2. The first-order valence-corrected chi connectivity index (χ1v) is 8.41. The molecule has 0 saturated carbocycles. The summed E-state index contributed by atoms with van der Waals surface area (Å²) in [5.74, 6) is 2.94. The first-order chi connectivity index (χ1) is 11.9. The third-order valence-electron chi connectivity index (χ3n) is 4.84. The fourth-order valence-corrected chi connectivity index (χ4v) is 3.14. The SMILES string of the molecule is C#CCNC(=O)c1ccc(N2CCCC(C(C)(C)C(=O)OC)C2)nc1. The first kappa shape index (κ1) is 18.8. The van der Waals surface area contributed by atoms with E-state index in [4.69, 9.17) is 11.2 Å². The molecule has 1 amide bonds. The second-order valence-electron chi connectivity index (χ2n) is 6.79. The molecule has 2 rings (SSSR count). The van der Waals surface area contributed by atoms with Crippen molar-refractivity contribution in [2.75, 3.05) is 31.6 Å². The molecule has 6 nitrogen and oxygen atoms in total. The molecule has 0 radical (unpaired) electrons. The quantitative estimate of drug-likeness (QED) is 0.653. The number of nitrogens with zero attached hydrogens (tertiary/aromatic N) is 2. The molecule has 6 heteroatoms. The lowest BCUT2D eigenvalue weighted by Crippen LogP contribution is -2.45. The van der Waals surface area contributed by atoms with Crippen molar-refractivity contribution in [3.8, 4) is 12.3 Å². The van der Waals surface area contributed by atoms with E-state index in [0.717, 1.165) is 31.7 Å². The summed E-state index contributed by atoms with van der Waals surface area (Å²) < 4.78 is 4.95. The zero-order chi connectivity index (χ0) is 18.4. The van der Waals surface area contributed by atoms with E-state index in [9.17, 15) is 9.59 Å². The summed E-state index contributed by atoms with van der Waals surface area (Å²) in [6.07, 6.45) is 8.65. The van der Waals surface area contributed by atoms with E-state index in [1.165, 1.54) is 7.11 Å². The van der Waals surface area contributed by atoms with Gasteiger partial charge in [-0.2, -0.15) is 0 Å². The fraction of sp³-hybridized carbons (Fsp3) is 0.526. The number of ether oxygens (including phenoxy) is 1. The van der Waals surface area contributed by atoms with Gasteiger partial charge in [0.15, 0.2) is 0 Å². The highest BCUT2D eigenvalue weighted by Gasteiger charge is 2.40. The standard InChI is InChI=1S/C19H25N3O3/c1-5-10-20-17(23)14-8-9-16(21-12-14)22-11-6-7-15(13-22)19(2,3)18(24)25-4/h1,8-9,12,15H,6-7,10-11,13H2,2-4H3,(H,20,23). The lowest BCUT2D eigenvalue weighted by Gasteiger charge is -2.40. The molecule has 134 valence electrons. The smallest absolute Gasteiger partial charge is 0.311 e. The molecule has 0 aliphatic carbocycles. The van der Waals surface area contributed by atoms with Crippen molar-refractivity contribution in [1.82, 2.24) is 10.3 Å². The van der Waals surface area contributed by atoms with Crippen LogP contribution in [0.15, 0.2) is 18.3 Å². The molecule has 1 aromatic rings. The summed E-state index contributed by atoms with van der Waals surface area (Å²) in [6.45, 7) is 5.66. The Hall–Kier alpha value is -2.55. The Bertz CT molecular complexity index is 661. The Morgan fingerprint density at radius 1 is 1.48 bits per heavy atom. The van der Waals surface area contributed by atoms with Crippen LogP contribution in [0.2, 0.25) is 0 Å². The van der Waals surface area contributed by atoms with E-state index in [0.29, 0.717) is 5.56 Å². The second-order valence-corrected chi connectivity index (χ2v) is 6.79. The lowest BCUT2D eigenvalue weighted by atomic mass is 9.74. The molecule has 1 saturated heterocycles. The monoisotopic (exact) mass is 343 g/mol. The van der Waals surface area contributed by atoms with Gasteiger partial charge in [-0.05, 0) is 44.7 Å². The minimum absolute atomic E-state index is 0.187. The zero-order valence-corrected chi connectivity index (χ0v) is 15.0. The minimum atomic E-state index is -0.539. The molecule has 2 heterocycles. The maximum atomic E-state index is 12.1. The van der Waals surface area contributed by atoms with Crippen molar-refractivity contribution < 1.29 is 14.3 Å². The largest absolute Gasteiger partial charge is 0.469 e. The number of anilines is 1. The molecule has 0 spiro atoms. The number of hydrogen-bond donors (Lipinski definition) is 1. The van der Waals surface area contributed by atoms with Crippen molar-refractivity contribution in [3.63, 3.8) is 0 Å². The minimum Gasteiger partial charge on any atom is -0.469 e.